The number of aryl methyl sites for hydroxylation is 1. The van der Waals surface area contributed by atoms with E-state index in [0.717, 1.165) is 18.6 Å². The SMILES string of the molecule is Cc1ccc(OCCCCNC(=O)CCNS(=O)(=O)c2cccc(Cl)c2)cc1. The Bertz CT molecular complexity index is 870. The molecule has 152 valence electrons. The maximum absolute atomic E-state index is 12.1. The van der Waals surface area contributed by atoms with Gasteiger partial charge in [0.05, 0.1) is 11.5 Å². The number of hydrogen-bond acceptors (Lipinski definition) is 4. The molecule has 0 bridgehead atoms. The van der Waals surface area contributed by atoms with Crippen molar-refractivity contribution < 1.29 is 17.9 Å². The van der Waals surface area contributed by atoms with Crippen molar-refractivity contribution >= 4 is 27.5 Å². The molecule has 0 radical (unpaired) electrons. The van der Waals surface area contributed by atoms with E-state index in [1.807, 2.05) is 31.2 Å². The van der Waals surface area contributed by atoms with Crippen molar-refractivity contribution in [3.05, 3.63) is 59.1 Å². The van der Waals surface area contributed by atoms with Gasteiger partial charge in [0.15, 0.2) is 0 Å². The summed E-state index contributed by atoms with van der Waals surface area (Å²) in [6.07, 6.45) is 1.67. The molecular weight excluding hydrogens is 400 g/mol. The summed E-state index contributed by atoms with van der Waals surface area (Å²) in [6, 6.07) is 13.8. The van der Waals surface area contributed by atoms with Crippen LogP contribution in [0.3, 0.4) is 0 Å². The largest absolute Gasteiger partial charge is 0.494 e. The van der Waals surface area contributed by atoms with Crippen molar-refractivity contribution in [1.82, 2.24) is 10.0 Å². The lowest BCUT2D eigenvalue weighted by atomic mass is 10.2. The van der Waals surface area contributed by atoms with E-state index in [4.69, 9.17) is 16.3 Å². The van der Waals surface area contributed by atoms with Crippen LogP contribution in [0.25, 0.3) is 0 Å². The Balaban J connectivity index is 1.57. The maximum Gasteiger partial charge on any atom is 0.240 e. The first kappa shape index (κ1) is 22.2. The number of carbonyl (C=O) groups excluding carboxylic acids is 1. The van der Waals surface area contributed by atoms with Crippen LogP contribution in [0.2, 0.25) is 5.02 Å². The lowest BCUT2D eigenvalue weighted by Gasteiger charge is -2.09. The maximum atomic E-state index is 12.1. The van der Waals surface area contributed by atoms with Crippen LogP contribution in [-0.4, -0.2) is 34.0 Å². The molecule has 0 spiro atoms. The minimum Gasteiger partial charge on any atom is -0.494 e. The topological polar surface area (TPSA) is 84.5 Å². The number of carbonyl (C=O) groups is 1. The zero-order valence-corrected chi connectivity index (χ0v) is 17.4. The van der Waals surface area contributed by atoms with Gasteiger partial charge in [-0.15, -0.1) is 0 Å². The number of amides is 1. The fourth-order valence-corrected chi connectivity index (χ4v) is 3.72. The molecule has 0 aliphatic rings. The van der Waals surface area contributed by atoms with Gasteiger partial charge < -0.3 is 10.1 Å². The van der Waals surface area contributed by atoms with Gasteiger partial charge in [-0.1, -0.05) is 35.4 Å². The van der Waals surface area contributed by atoms with Gasteiger partial charge in [-0.3, -0.25) is 4.79 Å². The molecule has 0 atom stereocenters. The molecule has 6 nitrogen and oxygen atoms in total. The van der Waals surface area contributed by atoms with E-state index in [2.05, 4.69) is 10.0 Å². The molecular formula is C20H25ClN2O4S. The predicted molar refractivity (Wildman–Crippen MR) is 110 cm³/mol. The summed E-state index contributed by atoms with van der Waals surface area (Å²) < 4.78 is 32.3. The van der Waals surface area contributed by atoms with Crippen molar-refractivity contribution in [2.45, 2.75) is 31.1 Å². The number of rotatable bonds is 11. The van der Waals surface area contributed by atoms with Gasteiger partial charge >= 0.3 is 0 Å². The predicted octanol–water partition coefficient (Wildman–Crippen LogP) is 3.29. The zero-order valence-electron chi connectivity index (χ0n) is 15.8. The first-order valence-corrected chi connectivity index (χ1v) is 10.9. The normalized spacial score (nSPS) is 11.2. The average Bonchev–Trinajstić information content (AvgIpc) is 2.66. The first-order chi connectivity index (χ1) is 13.4. The number of nitrogens with one attached hydrogen (secondary N) is 2. The third-order valence-corrected chi connectivity index (χ3v) is 5.63. The molecule has 2 aromatic carbocycles. The Morgan fingerprint density at radius 1 is 1.07 bits per heavy atom. The summed E-state index contributed by atoms with van der Waals surface area (Å²) in [5, 5.41) is 3.11. The minimum absolute atomic E-state index is 0.0250. The molecule has 0 aliphatic heterocycles. The zero-order chi connectivity index (χ0) is 20.4. The van der Waals surface area contributed by atoms with Crippen molar-refractivity contribution in [2.24, 2.45) is 0 Å². The van der Waals surface area contributed by atoms with Gasteiger partial charge in [-0.05, 0) is 50.1 Å². The lowest BCUT2D eigenvalue weighted by molar-refractivity contribution is -0.120. The molecule has 0 saturated carbocycles. The highest BCUT2D eigenvalue weighted by Crippen LogP contribution is 2.15. The van der Waals surface area contributed by atoms with Crippen LogP contribution in [0, 0.1) is 6.92 Å². The molecule has 0 fully saturated rings. The summed E-state index contributed by atoms with van der Waals surface area (Å²) in [5.74, 6) is 0.634. The highest BCUT2D eigenvalue weighted by molar-refractivity contribution is 7.89. The number of ether oxygens (including phenoxy) is 1. The molecule has 28 heavy (non-hydrogen) atoms. The number of benzene rings is 2. The first-order valence-electron chi connectivity index (χ1n) is 9.08. The molecule has 0 unspecified atom stereocenters. The summed E-state index contributed by atoms with van der Waals surface area (Å²) in [4.78, 5) is 11.9. The number of unbranched alkanes of at least 4 members (excludes halogenated alkanes) is 1. The minimum atomic E-state index is -3.67. The third-order valence-electron chi connectivity index (χ3n) is 3.93. The van der Waals surface area contributed by atoms with Crippen molar-refractivity contribution in [1.29, 1.82) is 0 Å². The quantitative estimate of drug-likeness (QED) is 0.542. The smallest absolute Gasteiger partial charge is 0.240 e. The number of halogens is 1. The molecule has 8 heteroatoms. The third kappa shape index (κ3) is 7.88. The van der Waals surface area contributed by atoms with E-state index < -0.39 is 10.0 Å². The summed E-state index contributed by atoms with van der Waals surface area (Å²) in [5.41, 5.74) is 1.19. The van der Waals surface area contributed by atoms with Crippen LogP contribution in [0.4, 0.5) is 0 Å². The molecule has 0 saturated heterocycles. The van der Waals surface area contributed by atoms with Crippen LogP contribution in [0.1, 0.15) is 24.8 Å². The standard InChI is InChI=1S/C20H25ClN2O4S/c1-16-7-9-18(10-8-16)27-14-3-2-12-22-20(24)11-13-23-28(25,26)19-6-4-5-17(21)15-19/h4-10,15,23H,2-3,11-14H2,1H3,(H,22,24). The molecule has 2 rings (SSSR count). The molecule has 2 N–H and O–H groups in total. The van der Waals surface area contributed by atoms with Gasteiger partial charge in [0.2, 0.25) is 15.9 Å². The number of hydrogen-bond donors (Lipinski definition) is 2. The summed E-state index contributed by atoms with van der Waals surface area (Å²) in [6.45, 7) is 3.15. The second kappa shape index (κ2) is 11.0. The van der Waals surface area contributed by atoms with E-state index in [-0.39, 0.29) is 23.8 Å². The van der Waals surface area contributed by atoms with Gasteiger partial charge in [0.1, 0.15) is 5.75 Å². The van der Waals surface area contributed by atoms with Gasteiger partial charge in [-0.25, -0.2) is 13.1 Å². The van der Waals surface area contributed by atoms with Crippen LogP contribution in [0.5, 0.6) is 5.75 Å². The van der Waals surface area contributed by atoms with Crippen molar-refractivity contribution in [3.8, 4) is 5.75 Å². The van der Waals surface area contributed by atoms with Gasteiger partial charge in [-0.2, -0.15) is 0 Å². The monoisotopic (exact) mass is 424 g/mol. The van der Waals surface area contributed by atoms with E-state index in [1.165, 1.54) is 17.7 Å². The molecule has 0 heterocycles. The Morgan fingerprint density at radius 3 is 2.54 bits per heavy atom. The Kier molecular flexibility index (Phi) is 8.76. The molecule has 1 amide bonds. The van der Waals surface area contributed by atoms with E-state index in [9.17, 15) is 13.2 Å². The second-order valence-electron chi connectivity index (χ2n) is 6.32. The molecule has 0 aromatic heterocycles. The van der Waals surface area contributed by atoms with E-state index in [1.54, 1.807) is 12.1 Å². The van der Waals surface area contributed by atoms with Crippen molar-refractivity contribution in [3.63, 3.8) is 0 Å². The Hall–Kier alpha value is -2.09. The Morgan fingerprint density at radius 2 is 1.82 bits per heavy atom. The molecule has 2 aromatic rings. The van der Waals surface area contributed by atoms with Crippen LogP contribution < -0.4 is 14.8 Å². The lowest BCUT2D eigenvalue weighted by Crippen LogP contribution is -2.31. The average molecular weight is 425 g/mol. The Labute approximate surface area is 171 Å². The fraction of sp³-hybridized carbons (Fsp3) is 0.350. The highest BCUT2D eigenvalue weighted by atomic mass is 35.5. The summed E-state index contributed by atoms with van der Waals surface area (Å²) >= 11 is 5.80. The second-order valence-corrected chi connectivity index (χ2v) is 8.53. The van der Waals surface area contributed by atoms with Gasteiger partial charge in [0.25, 0.3) is 0 Å². The van der Waals surface area contributed by atoms with E-state index >= 15 is 0 Å². The van der Waals surface area contributed by atoms with Crippen LogP contribution >= 0.6 is 11.6 Å². The van der Waals surface area contributed by atoms with Crippen LogP contribution in [0.15, 0.2) is 53.4 Å². The van der Waals surface area contributed by atoms with Crippen molar-refractivity contribution in [2.75, 3.05) is 19.7 Å². The highest BCUT2D eigenvalue weighted by Gasteiger charge is 2.14. The summed E-state index contributed by atoms with van der Waals surface area (Å²) in [7, 11) is -3.67. The molecule has 0 aliphatic carbocycles. The fourth-order valence-electron chi connectivity index (χ4n) is 2.38. The number of sulfonamides is 1. The van der Waals surface area contributed by atoms with E-state index in [0.29, 0.717) is 18.2 Å². The van der Waals surface area contributed by atoms with Gasteiger partial charge in [0, 0.05) is 24.5 Å². The van der Waals surface area contributed by atoms with Crippen LogP contribution in [-0.2, 0) is 14.8 Å².